The number of benzene rings is 1. The van der Waals surface area contributed by atoms with Gasteiger partial charge in [0, 0.05) is 25.5 Å². The zero-order valence-corrected chi connectivity index (χ0v) is 14.7. The molecule has 0 atom stereocenters. The van der Waals surface area contributed by atoms with Crippen molar-refractivity contribution in [1.29, 1.82) is 0 Å². The van der Waals surface area contributed by atoms with Crippen LogP contribution in [0.15, 0.2) is 43.0 Å². The predicted octanol–water partition coefficient (Wildman–Crippen LogP) is 0.497. The molecule has 1 amide bonds. The average molecular weight is 364 g/mol. The number of hydrogen-bond donors (Lipinski definition) is 0. The molecular weight excluding hydrogens is 344 g/mol. The lowest BCUT2D eigenvalue weighted by Gasteiger charge is -2.30. The van der Waals surface area contributed by atoms with E-state index in [1.165, 1.54) is 0 Å². The number of hydrogen-bond acceptors (Lipinski definition) is 5. The lowest BCUT2D eigenvalue weighted by atomic mass is 10.2. The molecule has 1 aliphatic rings. The van der Waals surface area contributed by atoms with E-state index in [4.69, 9.17) is 4.74 Å². The number of aromatic nitrogens is 2. The highest BCUT2D eigenvalue weighted by Gasteiger charge is 2.26. The molecule has 0 aliphatic carbocycles. The molecule has 0 bridgehead atoms. The van der Waals surface area contributed by atoms with Gasteiger partial charge in [0.05, 0.1) is 37.2 Å². The van der Waals surface area contributed by atoms with Crippen molar-refractivity contribution in [3.63, 3.8) is 0 Å². The van der Waals surface area contributed by atoms with Crippen LogP contribution in [0.4, 0.5) is 5.69 Å². The second-order valence-electron chi connectivity index (χ2n) is 5.72. The molecule has 0 saturated carbocycles. The summed E-state index contributed by atoms with van der Waals surface area (Å²) in [5.74, 6) is -0.242. The van der Waals surface area contributed by atoms with Crippen molar-refractivity contribution in [3.8, 4) is 5.69 Å². The van der Waals surface area contributed by atoms with Gasteiger partial charge in [-0.05, 0) is 12.1 Å². The molecule has 25 heavy (non-hydrogen) atoms. The van der Waals surface area contributed by atoms with E-state index in [-0.39, 0.29) is 12.5 Å². The highest BCUT2D eigenvalue weighted by molar-refractivity contribution is 7.92. The Kier molecular flexibility index (Phi) is 5.05. The van der Waals surface area contributed by atoms with Gasteiger partial charge in [-0.3, -0.25) is 9.10 Å². The maximum absolute atomic E-state index is 12.6. The molecule has 8 nitrogen and oxygen atoms in total. The topological polar surface area (TPSA) is 84.7 Å². The van der Waals surface area contributed by atoms with Crippen molar-refractivity contribution in [2.24, 2.45) is 0 Å². The number of nitrogens with zero attached hydrogens (tertiary/aromatic N) is 4. The van der Waals surface area contributed by atoms with Crippen LogP contribution in [0.3, 0.4) is 0 Å². The molecule has 0 N–H and O–H groups in total. The Hall–Kier alpha value is -2.39. The first-order valence-corrected chi connectivity index (χ1v) is 9.72. The Balaban J connectivity index is 1.94. The Morgan fingerprint density at radius 3 is 2.64 bits per heavy atom. The third-order valence-corrected chi connectivity index (χ3v) is 5.10. The number of imidazole rings is 1. The Morgan fingerprint density at radius 1 is 1.28 bits per heavy atom. The molecule has 134 valence electrons. The number of sulfonamides is 1. The molecule has 0 unspecified atom stereocenters. The summed E-state index contributed by atoms with van der Waals surface area (Å²) in [5.41, 5.74) is 1.07. The summed E-state index contributed by atoms with van der Waals surface area (Å²) in [6.45, 7) is 1.64. The van der Waals surface area contributed by atoms with Crippen LogP contribution >= 0.6 is 0 Å². The molecule has 9 heteroatoms. The Labute approximate surface area is 146 Å². The van der Waals surface area contributed by atoms with E-state index in [0.29, 0.717) is 37.7 Å². The second kappa shape index (κ2) is 7.24. The third kappa shape index (κ3) is 3.99. The molecule has 1 fully saturated rings. The molecule has 2 heterocycles. The van der Waals surface area contributed by atoms with Crippen LogP contribution in [0.2, 0.25) is 0 Å². The van der Waals surface area contributed by atoms with Gasteiger partial charge in [0.1, 0.15) is 6.54 Å². The minimum Gasteiger partial charge on any atom is -0.378 e. The van der Waals surface area contributed by atoms with E-state index in [2.05, 4.69) is 4.98 Å². The van der Waals surface area contributed by atoms with Gasteiger partial charge in [-0.25, -0.2) is 13.4 Å². The molecule has 3 rings (SSSR count). The van der Waals surface area contributed by atoms with Crippen molar-refractivity contribution in [1.82, 2.24) is 14.5 Å². The van der Waals surface area contributed by atoms with Crippen LogP contribution in [-0.4, -0.2) is 67.9 Å². The maximum Gasteiger partial charge on any atom is 0.243 e. The molecular formula is C16H20N4O4S. The van der Waals surface area contributed by atoms with E-state index < -0.39 is 10.0 Å². The lowest BCUT2D eigenvalue weighted by molar-refractivity contribution is -0.133. The molecule has 1 aromatic carbocycles. The summed E-state index contributed by atoms with van der Waals surface area (Å²) >= 11 is 0. The van der Waals surface area contributed by atoms with Crippen molar-refractivity contribution in [2.45, 2.75) is 0 Å². The van der Waals surface area contributed by atoms with E-state index in [9.17, 15) is 13.2 Å². The van der Waals surface area contributed by atoms with Crippen LogP contribution < -0.4 is 4.31 Å². The van der Waals surface area contributed by atoms with Crippen LogP contribution in [0, 0.1) is 0 Å². The zero-order chi connectivity index (χ0) is 17.9. The van der Waals surface area contributed by atoms with Crippen LogP contribution in [0.25, 0.3) is 5.69 Å². The fourth-order valence-corrected chi connectivity index (χ4v) is 3.57. The predicted molar refractivity (Wildman–Crippen MR) is 93.2 cm³/mol. The smallest absolute Gasteiger partial charge is 0.243 e. The molecule has 1 aromatic heterocycles. The second-order valence-corrected chi connectivity index (χ2v) is 7.63. The summed E-state index contributed by atoms with van der Waals surface area (Å²) in [4.78, 5) is 18.2. The number of rotatable bonds is 5. The van der Waals surface area contributed by atoms with E-state index in [0.717, 1.165) is 10.6 Å². The third-order valence-electron chi connectivity index (χ3n) is 3.98. The number of carbonyl (C=O) groups excluding carboxylic acids is 1. The highest BCUT2D eigenvalue weighted by Crippen LogP contribution is 2.26. The van der Waals surface area contributed by atoms with E-state index in [1.54, 1.807) is 46.4 Å². The minimum atomic E-state index is -3.64. The van der Waals surface area contributed by atoms with E-state index in [1.807, 2.05) is 6.07 Å². The van der Waals surface area contributed by atoms with Crippen LogP contribution in [-0.2, 0) is 19.6 Å². The largest absolute Gasteiger partial charge is 0.378 e. The first kappa shape index (κ1) is 17.4. The lowest BCUT2D eigenvalue weighted by Crippen LogP contribution is -2.47. The van der Waals surface area contributed by atoms with Gasteiger partial charge in [0.2, 0.25) is 15.9 Å². The van der Waals surface area contributed by atoms with Crippen molar-refractivity contribution in [2.75, 3.05) is 43.4 Å². The Bertz CT molecular complexity index is 830. The molecule has 2 aromatic rings. The van der Waals surface area contributed by atoms with Crippen LogP contribution in [0.5, 0.6) is 0 Å². The quantitative estimate of drug-likeness (QED) is 0.771. The number of carbonyl (C=O) groups is 1. The van der Waals surface area contributed by atoms with Crippen molar-refractivity contribution < 1.29 is 17.9 Å². The number of ether oxygens (including phenoxy) is 1. The number of morpholine rings is 1. The standard InChI is InChI=1S/C16H20N4O4S/c1-25(22,23)20(12-16(21)18-8-10-24-11-9-18)15-5-3-2-4-14(15)19-7-6-17-13-19/h2-7,13H,8-12H2,1H3. The first-order valence-electron chi connectivity index (χ1n) is 7.87. The van der Waals surface area contributed by atoms with Crippen molar-refractivity contribution >= 4 is 21.6 Å². The monoisotopic (exact) mass is 364 g/mol. The highest BCUT2D eigenvalue weighted by atomic mass is 32.2. The SMILES string of the molecule is CS(=O)(=O)N(CC(=O)N1CCOCC1)c1ccccc1-n1ccnc1. The fourth-order valence-electron chi connectivity index (χ4n) is 2.71. The van der Waals surface area contributed by atoms with Gasteiger partial charge >= 0.3 is 0 Å². The molecule has 1 aliphatic heterocycles. The normalized spacial score (nSPS) is 15.2. The van der Waals surface area contributed by atoms with Gasteiger partial charge in [0.25, 0.3) is 0 Å². The van der Waals surface area contributed by atoms with E-state index >= 15 is 0 Å². The molecule has 0 spiro atoms. The van der Waals surface area contributed by atoms with Gasteiger partial charge in [-0.15, -0.1) is 0 Å². The zero-order valence-electron chi connectivity index (χ0n) is 13.9. The fraction of sp³-hybridized carbons (Fsp3) is 0.375. The van der Waals surface area contributed by atoms with Gasteiger partial charge < -0.3 is 14.2 Å². The number of anilines is 1. The van der Waals surface area contributed by atoms with Crippen molar-refractivity contribution in [3.05, 3.63) is 43.0 Å². The Morgan fingerprint density at radius 2 is 2.00 bits per heavy atom. The summed E-state index contributed by atoms with van der Waals surface area (Å²) in [6.07, 6.45) is 6.02. The first-order chi connectivity index (χ1) is 12.0. The summed E-state index contributed by atoms with van der Waals surface area (Å²) in [6, 6.07) is 7.02. The average Bonchev–Trinajstić information content (AvgIpc) is 3.14. The number of amides is 1. The van der Waals surface area contributed by atoms with Gasteiger partial charge in [-0.1, -0.05) is 12.1 Å². The minimum absolute atomic E-state index is 0.242. The molecule has 1 saturated heterocycles. The summed E-state index contributed by atoms with van der Waals surface area (Å²) in [5, 5.41) is 0. The van der Waals surface area contributed by atoms with Crippen LogP contribution in [0.1, 0.15) is 0 Å². The molecule has 0 radical (unpaired) electrons. The van der Waals surface area contributed by atoms with Gasteiger partial charge in [0.15, 0.2) is 0 Å². The maximum atomic E-state index is 12.6. The van der Waals surface area contributed by atoms with Gasteiger partial charge in [-0.2, -0.15) is 0 Å². The number of para-hydroxylation sites is 2. The summed E-state index contributed by atoms with van der Waals surface area (Å²) in [7, 11) is -3.64. The summed E-state index contributed by atoms with van der Waals surface area (Å²) < 4.78 is 32.8.